The average molecular weight is 464 g/mol. The van der Waals surface area contributed by atoms with Gasteiger partial charge in [-0.25, -0.2) is 8.78 Å². The molecule has 4 fully saturated rings. The summed E-state index contributed by atoms with van der Waals surface area (Å²) in [6.45, 7) is 12.2. The van der Waals surface area contributed by atoms with Crippen LogP contribution in [0.25, 0.3) is 0 Å². The lowest BCUT2D eigenvalue weighted by Crippen LogP contribution is -2.40. The summed E-state index contributed by atoms with van der Waals surface area (Å²) in [5.74, 6) is -1.39. The molecule has 5 heteroatoms. The van der Waals surface area contributed by atoms with Crippen molar-refractivity contribution in [1.29, 1.82) is 0 Å². The minimum absolute atomic E-state index is 0.262. The van der Waals surface area contributed by atoms with Crippen LogP contribution in [0.15, 0.2) is 35.5 Å². The Kier molecular flexibility index (Phi) is 7.25. The Balaban J connectivity index is 1.44. The molecule has 1 heterocycles. The van der Waals surface area contributed by atoms with Crippen LogP contribution in [0, 0.1) is 29.1 Å². The summed E-state index contributed by atoms with van der Waals surface area (Å²) in [5.41, 5.74) is 3.48. The van der Waals surface area contributed by atoms with Crippen LogP contribution >= 0.6 is 0 Å². The molecule has 2 N–H and O–H groups in total. The first-order chi connectivity index (χ1) is 15.5. The molecule has 0 radical (unpaired) electrons. The van der Waals surface area contributed by atoms with E-state index in [4.69, 9.17) is 0 Å². The van der Waals surface area contributed by atoms with E-state index in [2.05, 4.69) is 37.5 Å². The molecule has 7 atom stereocenters. The average Bonchev–Trinajstić information content (AvgIpc) is 3.33. The molecule has 2 unspecified atom stereocenters. The van der Waals surface area contributed by atoms with Gasteiger partial charge >= 0.3 is 0 Å². The minimum atomic E-state index is -2.57. The zero-order valence-electron chi connectivity index (χ0n) is 20.7. The molecule has 3 nitrogen and oxygen atoms in total. The predicted octanol–water partition coefficient (Wildman–Crippen LogP) is 5.74. The molecule has 0 aromatic rings. The van der Waals surface area contributed by atoms with Crippen molar-refractivity contribution in [2.45, 2.75) is 90.3 Å². The summed E-state index contributed by atoms with van der Waals surface area (Å²) in [5, 5.41) is 20.2. The first-order valence-corrected chi connectivity index (χ1v) is 13.0. The molecule has 1 saturated heterocycles. The van der Waals surface area contributed by atoms with E-state index in [0.29, 0.717) is 43.6 Å². The summed E-state index contributed by atoms with van der Waals surface area (Å²) in [4.78, 5) is 2.28. The molecule has 3 saturated carbocycles. The number of alkyl halides is 2. The van der Waals surface area contributed by atoms with E-state index in [1.807, 2.05) is 0 Å². The van der Waals surface area contributed by atoms with Crippen molar-refractivity contribution in [2.24, 2.45) is 29.1 Å². The van der Waals surface area contributed by atoms with Crippen molar-refractivity contribution < 1.29 is 19.0 Å². The van der Waals surface area contributed by atoms with E-state index in [1.165, 1.54) is 31.3 Å². The van der Waals surface area contributed by atoms with Gasteiger partial charge in [-0.2, -0.15) is 0 Å². The second-order valence-corrected chi connectivity index (χ2v) is 11.8. The van der Waals surface area contributed by atoms with Crippen molar-refractivity contribution in [3.63, 3.8) is 0 Å². The van der Waals surface area contributed by atoms with Crippen LogP contribution in [-0.2, 0) is 0 Å². The normalized spacial score (nSPS) is 41.7. The molecular weight excluding hydrogens is 420 g/mol. The van der Waals surface area contributed by atoms with E-state index in [-0.39, 0.29) is 5.41 Å². The van der Waals surface area contributed by atoms with Crippen LogP contribution in [-0.4, -0.2) is 52.9 Å². The van der Waals surface area contributed by atoms with Crippen LogP contribution in [0.4, 0.5) is 8.78 Å². The number of halogens is 2. The molecule has 4 aliphatic rings. The fraction of sp³-hybridized carbons (Fsp3) is 0.786. The maximum absolute atomic E-state index is 13.8. The largest absolute Gasteiger partial charge is 0.393 e. The number of likely N-dealkylation sites (tertiary alicyclic amines) is 1. The van der Waals surface area contributed by atoms with Crippen LogP contribution in [0.3, 0.4) is 0 Å². The third-order valence-electron chi connectivity index (χ3n) is 9.52. The molecule has 3 aliphatic carbocycles. The molecule has 186 valence electrons. The van der Waals surface area contributed by atoms with Gasteiger partial charge in [-0.15, -0.1) is 0 Å². The predicted molar refractivity (Wildman–Crippen MR) is 129 cm³/mol. The van der Waals surface area contributed by atoms with Crippen LogP contribution in [0.1, 0.15) is 72.1 Å². The highest BCUT2D eigenvalue weighted by Crippen LogP contribution is 2.59. The summed E-state index contributed by atoms with van der Waals surface area (Å²) in [6, 6.07) is 0. The zero-order valence-corrected chi connectivity index (χ0v) is 20.7. The molecule has 4 rings (SSSR count). The lowest BCUT2D eigenvalue weighted by molar-refractivity contribution is -0.0360. The maximum atomic E-state index is 13.8. The molecule has 0 amide bonds. The second-order valence-electron chi connectivity index (χ2n) is 11.8. The fourth-order valence-corrected chi connectivity index (χ4v) is 7.63. The highest BCUT2D eigenvalue weighted by molar-refractivity contribution is 5.38. The minimum Gasteiger partial charge on any atom is -0.393 e. The number of rotatable bonds is 5. The van der Waals surface area contributed by atoms with E-state index >= 15 is 0 Å². The molecule has 0 aromatic carbocycles. The number of hydrogen-bond donors (Lipinski definition) is 2. The monoisotopic (exact) mass is 463 g/mol. The van der Waals surface area contributed by atoms with E-state index in [1.54, 1.807) is 0 Å². The van der Waals surface area contributed by atoms with Crippen LogP contribution in [0.5, 0.6) is 0 Å². The third kappa shape index (κ3) is 5.16. The van der Waals surface area contributed by atoms with Crippen molar-refractivity contribution in [3.05, 3.63) is 35.5 Å². The van der Waals surface area contributed by atoms with Crippen molar-refractivity contribution in [3.8, 4) is 0 Å². The maximum Gasteiger partial charge on any atom is 0.249 e. The molecular formula is C28H43F2NO2. The Hall–Kier alpha value is -1.04. The molecule has 0 spiro atoms. The molecule has 0 aromatic heterocycles. The standard InChI is InChI=1S/C28H43F2NO2/c1-18(16-31-13-11-22(17-31)28(4,29)30)24-9-10-25-20(6-5-12-27(24,25)3)7-8-21-14-23(32)15-26(33)19(21)2/h7-8,18,22-26,32-33H,2,5-6,9-17H2,1,3-4H3/t18?,22?,23-,24-,25+,26+,27-/m1/s1. The van der Waals surface area contributed by atoms with Gasteiger partial charge in [-0.1, -0.05) is 38.2 Å². The van der Waals surface area contributed by atoms with Gasteiger partial charge in [0.25, 0.3) is 0 Å². The Bertz CT molecular complexity index is 800. The summed E-state index contributed by atoms with van der Waals surface area (Å²) >= 11 is 0. The van der Waals surface area contributed by atoms with E-state index in [9.17, 15) is 19.0 Å². The van der Waals surface area contributed by atoms with Crippen molar-refractivity contribution in [2.75, 3.05) is 19.6 Å². The topological polar surface area (TPSA) is 43.7 Å². The van der Waals surface area contributed by atoms with E-state index < -0.39 is 24.0 Å². The molecule has 1 aliphatic heterocycles. The first-order valence-electron chi connectivity index (χ1n) is 13.0. The Morgan fingerprint density at radius 2 is 2.00 bits per heavy atom. The van der Waals surface area contributed by atoms with Gasteiger partial charge in [0.1, 0.15) is 0 Å². The third-order valence-corrected chi connectivity index (χ3v) is 9.52. The van der Waals surface area contributed by atoms with E-state index in [0.717, 1.165) is 37.6 Å². The molecule has 0 bridgehead atoms. The number of aliphatic hydroxyl groups is 2. The van der Waals surface area contributed by atoms with Gasteiger partial charge < -0.3 is 15.1 Å². The van der Waals surface area contributed by atoms with Gasteiger partial charge in [-0.05, 0) is 92.7 Å². The number of allylic oxidation sites excluding steroid dienone is 3. The van der Waals surface area contributed by atoms with Crippen LogP contribution in [0.2, 0.25) is 0 Å². The van der Waals surface area contributed by atoms with Crippen molar-refractivity contribution >= 4 is 0 Å². The van der Waals surface area contributed by atoms with Gasteiger partial charge in [0.2, 0.25) is 5.92 Å². The summed E-state index contributed by atoms with van der Waals surface area (Å²) in [7, 11) is 0. The summed E-state index contributed by atoms with van der Waals surface area (Å²) < 4.78 is 27.5. The quantitative estimate of drug-likeness (QED) is 0.546. The zero-order chi connectivity index (χ0) is 24.0. The highest BCUT2D eigenvalue weighted by atomic mass is 19.3. The van der Waals surface area contributed by atoms with Gasteiger partial charge in [0.05, 0.1) is 12.2 Å². The van der Waals surface area contributed by atoms with Gasteiger partial charge in [-0.3, -0.25) is 0 Å². The smallest absolute Gasteiger partial charge is 0.249 e. The number of hydrogen-bond acceptors (Lipinski definition) is 3. The Labute approximate surface area is 198 Å². The Morgan fingerprint density at radius 3 is 2.70 bits per heavy atom. The van der Waals surface area contributed by atoms with Crippen LogP contribution < -0.4 is 0 Å². The lowest BCUT2D eigenvalue weighted by Gasteiger charge is -2.45. The molecule has 33 heavy (non-hydrogen) atoms. The fourth-order valence-electron chi connectivity index (χ4n) is 7.63. The van der Waals surface area contributed by atoms with Gasteiger partial charge in [0, 0.05) is 25.4 Å². The van der Waals surface area contributed by atoms with Gasteiger partial charge in [0.15, 0.2) is 0 Å². The SMILES string of the molecule is C=C1C(=CC=C2CCC[C@]3(C)[C@@H](C(C)CN4CCC(C(C)(F)F)C4)CC[C@@H]23)C[C@@H](O)C[C@@H]1O. The van der Waals surface area contributed by atoms with Crippen molar-refractivity contribution in [1.82, 2.24) is 4.90 Å². The lowest BCUT2D eigenvalue weighted by atomic mass is 9.61. The summed E-state index contributed by atoms with van der Waals surface area (Å²) in [6.07, 6.45) is 10.7. The number of nitrogens with zero attached hydrogens (tertiary/aromatic N) is 1. The number of fused-ring (bicyclic) bond motifs is 1. The highest BCUT2D eigenvalue weighted by Gasteiger charge is 2.51. The second kappa shape index (κ2) is 9.54. The first kappa shape index (κ1) is 25.1. The number of aliphatic hydroxyl groups excluding tert-OH is 2. The Morgan fingerprint density at radius 1 is 1.24 bits per heavy atom.